The Balaban J connectivity index is 1.62. The zero-order chi connectivity index (χ0) is 13.8. The van der Waals surface area contributed by atoms with Crippen molar-refractivity contribution in [3.8, 4) is 5.75 Å². The van der Waals surface area contributed by atoms with Gasteiger partial charge in [0.1, 0.15) is 11.9 Å². The number of rotatable bonds is 5. The van der Waals surface area contributed by atoms with Crippen LogP contribution in [-0.4, -0.2) is 17.9 Å². The van der Waals surface area contributed by atoms with E-state index in [1.54, 1.807) is 11.3 Å². The predicted octanol–water partition coefficient (Wildman–Crippen LogP) is 3.07. The lowest BCUT2D eigenvalue weighted by molar-refractivity contribution is 0.161. The number of hydrogen-bond acceptors (Lipinski definition) is 5. The number of benzene rings is 1. The highest BCUT2D eigenvalue weighted by atomic mass is 32.2. The molecule has 3 rings (SSSR count). The first-order chi connectivity index (χ1) is 9.86. The number of aryl methyl sites for hydroxylation is 1. The predicted molar refractivity (Wildman–Crippen MR) is 85.3 cm³/mol. The third-order valence-corrected chi connectivity index (χ3v) is 5.39. The van der Waals surface area contributed by atoms with Gasteiger partial charge < -0.3 is 4.74 Å². The lowest BCUT2D eigenvalue weighted by Crippen LogP contribution is -2.48. The van der Waals surface area contributed by atoms with Gasteiger partial charge in [-0.15, -0.1) is 11.8 Å². The van der Waals surface area contributed by atoms with Crippen molar-refractivity contribution in [3.63, 3.8) is 0 Å². The van der Waals surface area contributed by atoms with Crippen molar-refractivity contribution < 1.29 is 4.74 Å². The number of hydrazine groups is 1. The number of thioether (sulfide) groups is 1. The van der Waals surface area contributed by atoms with Gasteiger partial charge in [-0.3, -0.25) is 11.3 Å². The van der Waals surface area contributed by atoms with E-state index in [4.69, 9.17) is 10.6 Å². The molecule has 2 aromatic rings. The number of nitrogens with two attached hydrogens (primary N) is 1. The molecule has 20 heavy (non-hydrogen) atoms. The largest absolute Gasteiger partial charge is 0.487 e. The summed E-state index contributed by atoms with van der Waals surface area (Å²) in [6.45, 7) is 0. The lowest BCUT2D eigenvalue weighted by atomic mass is 10.0. The molecule has 1 aromatic heterocycles. The second-order valence-corrected chi connectivity index (χ2v) is 6.70. The van der Waals surface area contributed by atoms with E-state index >= 15 is 0 Å². The third-order valence-electron chi connectivity index (χ3n) is 3.52. The normalized spacial score (nSPS) is 19.1. The molecule has 5 heteroatoms. The molecule has 2 atom stereocenters. The summed E-state index contributed by atoms with van der Waals surface area (Å²) < 4.78 is 6.09. The van der Waals surface area contributed by atoms with E-state index in [0.29, 0.717) is 0 Å². The topological polar surface area (TPSA) is 47.3 Å². The zero-order valence-corrected chi connectivity index (χ0v) is 12.8. The van der Waals surface area contributed by atoms with Gasteiger partial charge in [-0.05, 0) is 47.4 Å². The first-order valence-corrected chi connectivity index (χ1v) is 8.65. The van der Waals surface area contributed by atoms with Crippen LogP contribution in [0.3, 0.4) is 0 Å². The highest BCUT2D eigenvalue weighted by Gasteiger charge is 2.27. The van der Waals surface area contributed by atoms with E-state index in [9.17, 15) is 0 Å². The number of thiophene rings is 1. The molecule has 1 aliphatic rings. The summed E-state index contributed by atoms with van der Waals surface area (Å²) in [6, 6.07) is 10.5. The fourth-order valence-corrected chi connectivity index (χ4v) is 4.15. The van der Waals surface area contributed by atoms with Crippen molar-refractivity contribution in [2.45, 2.75) is 29.9 Å². The molecule has 0 radical (unpaired) electrons. The van der Waals surface area contributed by atoms with Gasteiger partial charge in [-0.1, -0.05) is 12.1 Å². The summed E-state index contributed by atoms with van der Waals surface area (Å²) in [5.74, 6) is 7.64. The van der Waals surface area contributed by atoms with Crippen molar-refractivity contribution in [1.29, 1.82) is 0 Å². The minimum atomic E-state index is 0.124. The minimum absolute atomic E-state index is 0.124. The number of hydrogen-bond donors (Lipinski definition) is 2. The van der Waals surface area contributed by atoms with Gasteiger partial charge in [0.05, 0.1) is 6.04 Å². The molecule has 0 spiro atoms. The summed E-state index contributed by atoms with van der Waals surface area (Å²) in [4.78, 5) is 1.22. The maximum atomic E-state index is 6.09. The van der Waals surface area contributed by atoms with Crippen LogP contribution in [0.1, 0.15) is 12.0 Å². The Morgan fingerprint density at radius 2 is 2.25 bits per heavy atom. The monoisotopic (exact) mass is 306 g/mol. The zero-order valence-electron chi connectivity index (χ0n) is 11.1. The molecule has 3 nitrogen and oxygen atoms in total. The Morgan fingerprint density at radius 1 is 1.35 bits per heavy atom. The van der Waals surface area contributed by atoms with E-state index in [2.05, 4.69) is 28.3 Å². The lowest BCUT2D eigenvalue weighted by Gasteiger charge is -2.31. The van der Waals surface area contributed by atoms with Gasteiger partial charge in [0, 0.05) is 10.6 Å². The molecule has 0 amide bonds. The highest BCUT2D eigenvalue weighted by Crippen LogP contribution is 2.36. The molecule has 1 aromatic carbocycles. The fourth-order valence-electron chi connectivity index (χ4n) is 2.37. The molecule has 0 saturated heterocycles. The summed E-state index contributed by atoms with van der Waals surface area (Å²) in [6.07, 6.45) is 2.14. The van der Waals surface area contributed by atoms with Crippen LogP contribution in [0.25, 0.3) is 0 Å². The number of para-hydroxylation sites is 1. The van der Waals surface area contributed by atoms with E-state index in [-0.39, 0.29) is 12.1 Å². The van der Waals surface area contributed by atoms with Crippen LogP contribution >= 0.6 is 23.1 Å². The number of nitrogens with one attached hydrogen (secondary N) is 1. The van der Waals surface area contributed by atoms with E-state index in [1.807, 2.05) is 30.0 Å². The van der Waals surface area contributed by atoms with Crippen molar-refractivity contribution >= 4 is 23.1 Å². The molecule has 106 valence electrons. The Morgan fingerprint density at radius 3 is 3.05 bits per heavy atom. The Kier molecular flexibility index (Phi) is 4.62. The maximum Gasteiger partial charge on any atom is 0.133 e. The van der Waals surface area contributed by atoms with Gasteiger partial charge in [0.2, 0.25) is 0 Å². The quantitative estimate of drug-likeness (QED) is 0.658. The summed E-state index contributed by atoms with van der Waals surface area (Å²) >= 11 is 3.58. The van der Waals surface area contributed by atoms with E-state index < -0.39 is 0 Å². The highest BCUT2D eigenvalue weighted by molar-refractivity contribution is 7.99. The first-order valence-electron chi connectivity index (χ1n) is 6.72. The van der Waals surface area contributed by atoms with Gasteiger partial charge in [-0.2, -0.15) is 11.3 Å². The molecule has 0 bridgehead atoms. The second-order valence-electron chi connectivity index (χ2n) is 4.86. The molecule has 0 aliphatic carbocycles. The fraction of sp³-hybridized carbons (Fsp3) is 0.333. The van der Waals surface area contributed by atoms with E-state index in [1.165, 1.54) is 10.5 Å². The van der Waals surface area contributed by atoms with Gasteiger partial charge in [0.15, 0.2) is 0 Å². The Hall–Kier alpha value is -1.01. The second kappa shape index (κ2) is 6.63. The molecule has 2 heterocycles. The molecule has 0 fully saturated rings. The van der Waals surface area contributed by atoms with Gasteiger partial charge in [0.25, 0.3) is 0 Å². The molecular weight excluding hydrogens is 288 g/mol. The van der Waals surface area contributed by atoms with Crippen molar-refractivity contribution in [1.82, 2.24) is 5.43 Å². The van der Waals surface area contributed by atoms with Crippen LogP contribution in [-0.2, 0) is 6.42 Å². The molecule has 1 aliphatic heterocycles. The standard InChI is InChI=1S/C15H18N2OS2/c16-17-12(6-5-11-7-8-19-9-11)14-10-20-15-4-2-1-3-13(15)18-14/h1-4,7-9,12,14,17H,5-6,10,16H2. The SMILES string of the molecule is NNC(CCc1ccsc1)C1CSc2ccccc2O1. The minimum Gasteiger partial charge on any atom is -0.487 e. The van der Waals surface area contributed by atoms with Crippen molar-refractivity contribution in [2.24, 2.45) is 5.84 Å². The van der Waals surface area contributed by atoms with Crippen LogP contribution in [0.5, 0.6) is 5.75 Å². The van der Waals surface area contributed by atoms with Crippen LogP contribution < -0.4 is 16.0 Å². The molecular formula is C15H18N2OS2. The van der Waals surface area contributed by atoms with Crippen LogP contribution in [0, 0.1) is 0 Å². The molecule has 3 N–H and O–H groups in total. The van der Waals surface area contributed by atoms with Crippen LogP contribution in [0.15, 0.2) is 46.0 Å². The van der Waals surface area contributed by atoms with Gasteiger partial charge >= 0.3 is 0 Å². The third kappa shape index (κ3) is 3.17. The summed E-state index contributed by atoms with van der Waals surface area (Å²) in [7, 11) is 0. The summed E-state index contributed by atoms with van der Waals surface area (Å²) in [5.41, 5.74) is 4.30. The van der Waals surface area contributed by atoms with Crippen molar-refractivity contribution in [2.75, 3.05) is 5.75 Å². The smallest absolute Gasteiger partial charge is 0.133 e. The maximum absolute atomic E-state index is 6.09. The van der Waals surface area contributed by atoms with Gasteiger partial charge in [-0.25, -0.2) is 0 Å². The summed E-state index contributed by atoms with van der Waals surface area (Å²) in [5, 5.41) is 4.31. The van der Waals surface area contributed by atoms with Crippen LogP contribution in [0.4, 0.5) is 0 Å². The number of fused-ring (bicyclic) bond motifs is 1. The van der Waals surface area contributed by atoms with Crippen molar-refractivity contribution in [3.05, 3.63) is 46.7 Å². The molecule has 2 unspecified atom stereocenters. The molecule has 0 saturated carbocycles. The Bertz CT molecular complexity index is 545. The Labute approximate surface area is 127 Å². The average Bonchev–Trinajstić information content (AvgIpc) is 3.01. The average molecular weight is 306 g/mol. The van der Waals surface area contributed by atoms with E-state index in [0.717, 1.165) is 24.3 Å². The number of ether oxygens (including phenoxy) is 1. The first kappa shape index (κ1) is 13.9. The van der Waals surface area contributed by atoms with Crippen LogP contribution in [0.2, 0.25) is 0 Å².